The zero-order valence-electron chi connectivity index (χ0n) is 19.0. The number of nitrogens with one attached hydrogen (secondary N) is 1. The van der Waals surface area contributed by atoms with Crippen molar-refractivity contribution in [3.05, 3.63) is 17.7 Å². The fourth-order valence-electron chi connectivity index (χ4n) is 3.05. The molecule has 1 aliphatic rings. The fourth-order valence-corrected chi connectivity index (χ4v) is 3.05. The van der Waals surface area contributed by atoms with E-state index in [9.17, 15) is 17.6 Å². The highest BCUT2D eigenvalue weighted by molar-refractivity contribution is 5.80. The lowest BCUT2D eigenvalue weighted by Gasteiger charge is -2.22. The van der Waals surface area contributed by atoms with Crippen LogP contribution in [-0.2, 0) is 11.8 Å². The maximum Gasteiger partial charge on any atom is 0.297 e. The molecule has 1 aromatic carbocycles. The maximum absolute atomic E-state index is 14.5. The van der Waals surface area contributed by atoms with Gasteiger partial charge in [0.25, 0.3) is 12.4 Å². The van der Waals surface area contributed by atoms with Crippen LogP contribution in [0.15, 0.2) is 6.07 Å². The zero-order chi connectivity index (χ0) is 25.0. The van der Waals surface area contributed by atoms with Gasteiger partial charge in [-0.25, -0.2) is 17.6 Å². The molecule has 1 saturated carbocycles. The van der Waals surface area contributed by atoms with Gasteiger partial charge in [-0.3, -0.25) is 9.36 Å². The van der Waals surface area contributed by atoms with E-state index in [1.54, 1.807) is 0 Å². The van der Waals surface area contributed by atoms with Gasteiger partial charge >= 0.3 is 0 Å². The second kappa shape index (κ2) is 14.5. The number of ether oxygens (including phenoxy) is 2. The number of imidazole rings is 1. The number of carbonyl (C=O) groups is 1. The number of nitrogens with two attached hydrogens (primary N) is 1. The molecule has 1 fully saturated rings. The van der Waals surface area contributed by atoms with Gasteiger partial charge in [-0.15, -0.1) is 0 Å². The SMILES string of the molecule is CNC(C)CO.Cn1c(OC2CCCCC2)nc2c(F)cc(OCC(F)F)c(F)c21.NC=O. The lowest BCUT2D eigenvalue weighted by Crippen LogP contribution is -2.24. The third-order valence-electron chi connectivity index (χ3n) is 4.92. The first-order chi connectivity index (χ1) is 15.7. The van der Waals surface area contributed by atoms with E-state index in [2.05, 4.69) is 20.8 Å². The summed E-state index contributed by atoms with van der Waals surface area (Å²) < 4.78 is 64.8. The number of halogens is 4. The summed E-state index contributed by atoms with van der Waals surface area (Å²) in [4.78, 5) is 12.6. The highest BCUT2D eigenvalue weighted by Crippen LogP contribution is 2.32. The van der Waals surface area contributed by atoms with Crippen molar-refractivity contribution in [1.82, 2.24) is 14.9 Å². The van der Waals surface area contributed by atoms with Crippen molar-refractivity contribution in [2.24, 2.45) is 12.8 Å². The maximum atomic E-state index is 14.5. The van der Waals surface area contributed by atoms with Crippen LogP contribution in [0.4, 0.5) is 17.6 Å². The van der Waals surface area contributed by atoms with Crippen LogP contribution in [0.3, 0.4) is 0 Å². The molecule has 0 spiro atoms. The Labute approximate surface area is 190 Å². The molecule has 1 unspecified atom stereocenters. The third kappa shape index (κ3) is 8.69. The molecule has 1 heterocycles. The van der Waals surface area contributed by atoms with Crippen LogP contribution in [-0.4, -0.2) is 59.9 Å². The number of likely N-dealkylation sites (N-methyl/N-ethyl adjacent to an activating group) is 1. The number of fused-ring (bicyclic) bond motifs is 1. The van der Waals surface area contributed by atoms with Crippen LogP contribution >= 0.6 is 0 Å². The summed E-state index contributed by atoms with van der Waals surface area (Å²) in [5.41, 5.74) is 3.80. The van der Waals surface area contributed by atoms with E-state index in [-0.39, 0.29) is 42.2 Å². The average molecular weight is 481 g/mol. The lowest BCUT2D eigenvalue weighted by molar-refractivity contribution is -0.106. The number of benzene rings is 1. The normalized spacial score (nSPS) is 14.7. The Morgan fingerprint density at radius 3 is 2.42 bits per heavy atom. The lowest BCUT2D eigenvalue weighted by atomic mass is 9.98. The van der Waals surface area contributed by atoms with E-state index in [0.717, 1.165) is 38.2 Å². The molecule has 4 N–H and O–H groups in total. The van der Waals surface area contributed by atoms with Gasteiger partial charge in [0.05, 0.1) is 6.61 Å². The molecule has 0 bridgehead atoms. The Hall–Kier alpha value is -2.60. The molecule has 2 aromatic rings. The minimum atomic E-state index is -2.78. The van der Waals surface area contributed by atoms with Crippen molar-refractivity contribution in [1.29, 1.82) is 0 Å². The summed E-state index contributed by atoms with van der Waals surface area (Å²) in [5.74, 6) is -2.34. The van der Waals surface area contributed by atoms with E-state index in [1.807, 2.05) is 14.0 Å². The van der Waals surface area contributed by atoms with Crippen LogP contribution < -0.4 is 20.5 Å². The fraction of sp³-hybridized carbons (Fsp3) is 0.619. The number of aliphatic hydroxyl groups is 1. The number of amides is 1. The van der Waals surface area contributed by atoms with Crippen LogP contribution in [0, 0.1) is 11.6 Å². The Bertz CT molecular complexity index is 857. The summed E-state index contributed by atoms with van der Waals surface area (Å²) in [5, 5.41) is 11.1. The van der Waals surface area contributed by atoms with Gasteiger partial charge in [-0.2, -0.15) is 4.98 Å². The molecule has 12 heteroatoms. The van der Waals surface area contributed by atoms with Gasteiger partial charge in [-0.1, -0.05) is 6.42 Å². The molecule has 0 saturated heterocycles. The Kier molecular flexibility index (Phi) is 12.5. The molecule has 33 heavy (non-hydrogen) atoms. The number of aliphatic hydroxyl groups excluding tert-OH is 1. The number of hydrogen-bond donors (Lipinski definition) is 3. The first-order valence-corrected chi connectivity index (χ1v) is 10.6. The monoisotopic (exact) mass is 480 g/mol. The zero-order valence-corrected chi connectivity index (χ0v) is 19.0. The van der Waals surface area contributed by atoms with Crippen molar-refractivity contribution >= 4 is 17.4 Å². The summed E-state index contributed by atoms with van der Waals surface area (Å²) >= 11 is 0. The van der Waals surface area contributed by atoms with E-state index >= 15 is 0 Å². The minimum Gasteiger partial charge on any atom is -0.484 e. The van der Waals surface area contributed by atoms with Gasteiger partial charge in [0.2, 0.25) is 6.41 Å². The predicted molar refractivity (Wildman–Crippen MR) is 115 cm³/mol. The quantitative estimate of drug-likeness (QED) is 0.415. The molecule has 3 rings (SSSR count). The molecule has 1 amide bonds. The highest BCUT2D eigenvalue weighted by atomic mass is 19.3. The molecule has 1 aromatic heterocycles. The second-order valence-electron chi connectivity index (χ2n) is 7.41. The van der Waals surface area contributed by atoms with Crippen LogP contribution in [0.1, 0.15) is 39.0 Å². The first-order valence-electron chi connectivity index (χ1n) is 10.6. The molecule has 8 nitrogen and oxygen atoms in total. The molecular weight excluding hydrogens is 448 g/mol. The number of aromatic nitrogens is 2. The number of hydrogen-bond acceptors (Lipinski definition) is 6. The van der Waals surface area contributed by atoms with Crippen LogP contribution in [0.5, 0.6) is 11.8 Å². The number of nitrogens with zero attached hydrogens (tertiary/aromatic N) is 2. The molecule has 1 atom stereocenters. The first kappa shape index (κ1) is 28.4. The van der Waals surface area contributed by atoms with E-state index in [0.29, 0.717) is 0 Å². The Balaban J connectivity index is 0.000000518. The van der Waals surface area contributed by atoms with E-state index in [1.165, 1.54) is 11.6 Å². The highest BCUT2D eigenvalue weighted by Gasteiger charge is 2.24. The van der Waals surface area contributed by atoms with Gasteiger partial charge in [-0.05, 0) is 39.7 Å². The topological polar surface area (TPSA) is 112 Å². The summed E-state index contributed by atoms with van der Waals surface area (Å²) in [7, 11) is 3.31. The molecule has 0 aliphatic heterocycles. The molecule has 1 aliphatic carbocycles. The smallest absolute Gasteiger partial charge is 0.297 e. The van der Waals surface area contributed by atoms with E-state index < -0.39 is 30.4 Å². The molecular formula is C21H32F4N4O4. The van der Waals surface area contributed by atoms with Gasteiger partial charge in [0.1, 0.15) is 23.7 Å². The summed E-state index contributed by atoms with van der Waals surface area (Å²) in [6.07, 6.45) is 2.42. The van der Waals surface area contributed by atoms with Gasteiger partial charge < -0.3 is 25.6 Å². The Morgan fingerprint density at radius 1 is 1.33 bits per heavy atom. The average Bonchev–Trinajstić information content (AvgIpc) is 3.13. The number of alkyl halides is 2. The van der Waals surface area contributed by atoms with Crippen molar-refractivity contribution < 1.29 is 36.9 Å². The minimum absolute atomic E-state index is 0.0325. The van der Waals surface area contributed by atoms with Crippen molar-refractivity contribution in [2.75, 3.05) is 20.3 Å². The number of primary amides is 1. The van der Waals surface area contributed by atoms with Crippen molar-refractivity contribution in [3.63, 3.8) is 0 Å². The van der Waals surface area contributed by atoms with Crippen LogP contribution in [0.25, 0.3) is 11.0 Å². The number of aryl methyl sites for hydroxylation is 1. The van der Waals surface area contributed by atoms with Crippen molar-refractivity contribution in [2.45, 2.75) is 57.6 Å². The molecule has 0 radical (unpaired) electrons. The standard InChI is InChI=1S/C16H18F4N2O2.C4H11NO.CH3NO/c1-22-15-13(20)11(23-8-12(18)19)7-10(17)14(15)21-16(22)24-9-5-3-2-4-6-9;1-4(3-6)5-2;2-1-3/h7,9,12H,2-6,8H2,1H3;4-6H,3H2,1-2H3;1H,(H2,2,3). The third-order valence-corrected chi connectivity index (χ3v) is 4.92. The number of rotatable bonds is 7. The van der Waals surface area contributed by atoms with Gasteiger partial charge in [0, 0.05) is 19.2 Å². The summed E-state index contributed by atoms with van der Waals surface area (Å²) in [6.45, 7) is 1.13. The van der Waals surface area contributed by atoms with Crippen LogP contribution in [0.2, 0.25) is 0 Å². The van der Waals surface area contributed by atoms with Gasteiger partial charge in [0.15, 0.2) is 17.4 Å². The predicted octanol–water partition coefficient (Wildman–Crippen LogP) is 2.89. The summed E-state index contributed by atoms with van der Waals surface area (Å²) in [6, 6.07) is 1.09. The van der Waals surface area contributed by atoms with Crippen molar-refractivity contribution in [3.8, 4) is 11.8 Å². The molecule has 188 valence electrons. The van der Waals surface area contributed by atoms with E-state index in [4.69, 9.17) is 14.6 Å². The second-order valence-corrected chi connectivity index (χ2v) is 7.41. The largest absolute Gasteiger partial charge is 0.484 e. The Morgan fingerprint density at radius 2 is 1.94 bits per heavy atom. The number of carbonyl (C=O) groups excluding carboxylic acids is 1.